The number of sulfonamides is 1. The first-order valence-electron chi connectivity index (χ1n) is 10.2. The molecular weight excluding hydrogens is 461 g/mol. The van der Waals surface area contributed by atoms with Crippen LogP contribution in [-0.4, -0.2) is 51.7 Å². The highest BCUT2D eigenvalue weighted by Crippen LogP contribution is 2.34. The van der Waals surface area contributed by atoms with Crippen LogP contribution in [0.1, 0.15) is 33.5 Å². The van der Waals surface area contributed by atoms with Gasteiger partial charge in [-0.1, -0.05) is 0 Å². The summed E-state index contributed by atoms with van der Waals surface area (Å²) >= 11 is 0. The molecule has 1 amide bonds. The van der Waals surface area contributed by atoms with E-state index in [-0.39, 0.29) is 30.8 Å². The summed E-state index contributed by atoms with van der Waals surface area (Å²) in [7, 11) is -0.505. The Kier molecular flexibility index (Phi) is 7.53. The molecule has 7 nitrogen and oxygen atoms in total. The summed E-state index contributed by atoms with van der Waals surface area (Å²) in [6.45, 7) is 0.632. The van der Waals surface area contributed by atoms with E-state index < -0.39 is 27.7 Å². The summed E-state index contributed by atoms with van der Waals surface area (Å²) < 4.78 is 75.4. The number of nitrogens with one attached hydrogen (secondary N) is 1. The zero-order valence-electron chi connectivity index (χ0n) is 18.2. The van der Waals surface area contributed by atoms with Gasteiger partial charge in [-0.05, 0) is 60.4 Å². The largest absolute Gasteiger partial charge is 0.493 e. The van der Waals surface area contributed by atoms with E-state index in [1.54, 1.807) is 13.2 Å². The molecule has 0 fully saturated rings. The van der Waals surface area contributed by atoms with Crippen molar-refractivity contribution in [2.24, 2.45) is 0 Å². The Morgan fingerprint density at radius 2 is 1.67 bits per heavy atom. The standard InChI is InChI=1S/C22H25F3N2O5S/c1-31-19-12-16-8-10-27(14-17(16)13-20(19)32-2)33(29,30)11-3-9-26-21(28)15-4-6-18(7-5-15)22(23,24)25/h4-7,12-13H,3,8-11,14H2,1-2H3,(H,26,28). The van der Waals surface area contributed by atoms with Crippen molar-refractivity contribution in [1.82, 2.24) is 9.62 Å². The van der Waals surface area contributed by atoms with Gasteiger partial charge in [0.1, 0.15) is 0 Å². The maximum absolute atomic E-state index is 12.8. The molecule has 0 saturated carbocycles. The van der Waals surface area contributed by atoms with E-state index in [0.29, 0.717) is 24.5 Å². The highest BCUT2D eigenvalue weighted by molar-refractivity contribution is 7.89. The van der Waals surface area contributed by atoms with Gasteiger partial charge in [0.2, 0.25) is 10.0 Å². The van der Waals surface area contributed by atoms with Gasteiger partial charge in [-0.2, -0.15) is 17.5 Å². The first-order valence-corrected chi connectivity index (χ1v) is 11.8. The Balaban J connectivity index is 1.53. The van der Waals surface area contributed by atoms with Crippen molar-refractivity contribution >= 4 is 15.9 Å². The van der Waals surface area contributed by atoms with E-state index in [1.807, 2.05) is 6.07 Å². The van der Waals surface area contributed by atoms with Gasteiger partial charge < -0.3 is 14.8 Å². The number of rotatable bonds is 8. The number of methoxy groups -OCH3 is 2. The van der Waals surface area contributed by atoms with E-state index >= 15 is 0 Å². The summed E-state index contributed by atoms with van der Waals surface area (Å²) in [5.74, 6) is 0.398. The van der Waals surface area contributed by atoms with Crippen molar-refractivity contribution in [3.63, 3.8) is 0 Å². The van der Waals surface area contributed by atoms with Crippen LogP contribution in [-0.2, 0) is 29.2 Å². The number of nitrogens with zero attached hydrogens (tertiary/aromatic N) is 1. The average Bonchev–Trinajstić information content (AvgIpc) is 2.79. The van der Waals surface area contributed by atoms with E-state index in [1.165, 1.54) is 11.4 Å². The molecule has 0 aromatic heterocycles. The molecule has 0 saturated heterocycles. The molecule has 0 atom stereocenters. The molecule has 1 N–H and O–H groups in total. The smallest absolute Gasteiger partial charge is 0.416 e. The van der Waals surface area contributed by atoms with Gasteiger partial charge in [-0.25, -0.2) is 8.42 Å². The second kappa shape index (κ2) is 10.0. The van der Waals surface area contributed by atoms with Crippen LogP contribution >= 0.6 is 0 Å². The number of amides is 1. The Morgan fingerprint density at radius 3 is 2.24 bits per heavy atom. The zero-order chi connectivity index (χ0) is 24.2. The first-order chi connectivity index (χ1) is 15.5. The first kappa shape index (κ1) is 24.8. The molecule has 11 heteroatoms. The van der Waals surface area contributed by atoms with E-state index in [4.69, 9.17) is 9.47 Å². The van der Waals surface area contributed by atoms with Gasteiger partial charge in [0.05, 0.1) is 25.5 Å². The Hall–Kier alpha value is -2.79. The Labute approximate surface area is 190 Å². The van der Waals surface area contributed by atoms with Crippen molar-refractivity contribution < 1.29 is 35.9 Å². The predicted octanol–water partition coefficient (Wildman–Crippen LogP) is 3.23. The monoisotopic (exact) mass is 486 g/mol. The Morgan fingerprint density at radius 1 is 1.06 bits per heavy atom. The summed E-state index contributed by atoms with van der Waals surface area (Å²) in [6.07, 6.45) is -3.76. The predicted molar refractivity (Wildman–Crippen MR) is 116 cm³/mol. The van der Waals surface area contributed by atoms with Crippen molar-refractivity contribution in [2.75, 3.05) is 33.1 Å². The summed E-state index contributed by atoms with van der Waals surface area (Å²) in [4.78, 5) is 12.1. The van der Waals surface area contributed by atoms with Crippen LogP contribution in [0, 0.1) is 0 Å². The van der Waals surface area contributed by atoms with Crippen LogP contribution in [0.4, 0.5) is 13.2 Å². The zero-order valence-corrected chi connectivity index (χ0v) is 19.1. The normalized spacial score (nSPS) is 14.5. The lowest BCUT2D eigenvalue weighted by Gasteiger charge is -2.29. The highest BCUT2D eigenvalue weighted by Gasteiger charge is 2.30. The molecule has 0 spiro atoms. The summed E-state index contributed by atoms with van der Waals surface area (Å²) in [5, 5.41) is 2.54. The fourth-order valence-corrected chi connectivity index (χ4v) is 5.07. The highest BCUT2D eigenvalue weighted by atomic mass is 32.2. The van der Waals surface area contributed by atoms with E-state index in [2.05, 4.69) is 5.32 Å². The van der Waals surface area contributed by atoms with Crippen molar-refractivity contribution in [3.8, 4) is 11.5 Å². The number of carbonyl (C=O) groups excluding carboxylic acids is 1. The average molecular weight is 487 g/mol. The lowest BCUT2D eigenvalue weighted by molar-refractivity contribution is -0.137. The SMILES string of the molecule is COc1cc2c(cc1OC)CN(S(=O)(=O)CCCNC(=O)c1ccc(C(F)(F)F)cc1)CC2. The molecule has 1 aliphatic rings. The van der Waals surface area contributed by atoms with Gasteiger partial charge >= 0.3 is 6.18 Å². The molecule has 0 aliphatic carbocycles. The van der Waals surface area contributed by atoms with Crippen molar-refractivity contribution in [2.45, 2.75) is 25.6 Å². The third kappa shape index (κ3) is 5.97. The molecule has 0 bridgehead atoms. The van der Waals surface area contributed by atoms with E-state index in [9.17, 15) is 26.4 Å². The molecule has 1 heterocycles. The summed E-state index contributed by atoms with van der Waals surface area (Å²) in [5.41, 5.74) is 1.08. The van der Waals surface area contributed by atoms with Crippen LogP contribution in [0.25, 0.3) is 0 Å². The quantitative estimate of drug-likeness (QED) is 0.580. The Bertz CT molecular complexity index is 1100. The van der Waals surface area contributed by atoms with Crippen LogP contribution in [0.5, 0.6) is 11.5 Å². The lowest BCUT2D eigenvalue weighted by Crippen LogP contribution is -2.38. The number of hydrogen-bond acceptors (Lipinski definition) is 5. The third-order valence-corrected chi connectivity index (χ3v) is 7.32. The van der Waals surface area contributed by atoms with Crippen molar-refractivity contribution in [1.29, 1.82) is 0 Å². The number of hydrogen-bond donors (Lipinski definition) is 1. The van der Waals surface area contributed by atoms with Crippen molar-refractivity contribution in [3.05, 3.63) is 58.7 Å². The maximum atomic E-state index is 12.8. The number of alkyl halides is 3. The molecule has 3 rings (SSSR count). The molecule has 0 unspecified atom stereocenters. The second-order valence-electron chi connectivity index (χ2n) is 7.56. The lowest BCUT2D eigenvalue weighted by atomic mass is 10.0. The van der Waals surface area contributed by atoms with Crippen LogP contribution in [0.2, 0.25) is 0 Å². The second-order valence-corrected chi connectivity index (χ2v) is 9.65. The minimum atomic E-state index is -4.48. The molecule has 1 aliphatic heterocycles. The minimum Gasteiger partial charge on any atom is -0.493 e. The number of carbonyl (C=O) groups is 1. The van der Waals surface area contributed by atoms with Gasteiger partial charge in [0.25, 0.3) is 5.91 Å². The van der Waals surface area contributed by atoms with E-state index in [0.717, 1.165) is 35.4 Å². The molecule has 2 aromatic rings. The fourth-order valence-electron chi connectivity index (χ4n) is 3.59. The number of benzene rings is 2. The maximum Gasteiger partial charge on any atom is 0.416 e. The third-order valence-electron chi connectivity index (χ3n) is 5.42. The molecule has 180 valence electrons. The molecule has 33 heavy (non-hydrogen) atoms. The van der Waals surface area contributed by atoms with Crippen LogP contribution in [0.15, 0.2) is 36.4 Å². The van der Waals surface area contributed by atoms with Gasteiger partial charge in [0.15, 0.2) is 11.5 Å². The van der Waals surface area contributed by atoms with Crippen LogP contribution in [0.3, 0.4) is 0 Å². The molecule has 2 aromatic carbocycles. The van der Waals surface area contributed by atoms with Gasteiger partial charge in [0, 0.05) is 25.2 Å². The fraction of sp³-hybridized carbons (Fsp3) is 0.409. The van der Waals surface area contributed by atoms with Gasteiger partial charge in [-0.3, -0.25) is 4.79 Å². The molecular formula is C22H25F3N2O5S. The molecule has 0 radical (unpaired) electrons. The topological polar surface area (TPSA) is 84.9 Å². The van der Waals surface area contributed by atoms with Gasteiger partial charge in [-0.15, -0.1) is 0 Å². The summed E-state index contributed by atoms with van der Waals surface area (Å²) in [6, 6.07) is 7.47. The minimum absolute atomic E-state index is 0.0721. The number of fused-ring (bicyclic) bond motifs is 1. The number of halogens is 3. The van der Waals surface area contributed by atoms with Crippen LogP contribution < -0.4 is 14.8 Å². The number of ether oxygens (including phenoxy) is 2.